The highest BCUT2D eigenvalue weighted by Crippen LogP contribution is 2.35. The maximum atomic E-state index is 6.08. The highest BCUT2D eigenvalue weighted by Gasteiger charge is 2.23. The molecule has 1 aromatic heterocycles. The number of ether oxygens (including phenoxy) is 1. The second-order valence-corrected chi connectivity index (χ2v) is 9.14. The van der Waals surface area contributed by atoms with E-state index in [2.05, 4.69) is 69.9 Å². The lowest BCUT2D eigenvalue weighted by atomic mass is 9.79. The van der Waals surface area contributed by atoms with E-state index in [1.807, 2.05) is 31.2 Å². The van der Waals surface area contributed by atoms with Crippen LogP contribution in [0.3, 0.4) is 0 Å². The average molecular weight is 379 g/mol. The Morgan fingerprint density at radius 2 is 1.39 bits per heavy atom. The number of hydrogen-bond acceptors (Lipinski definition) is 4. The summed E-state index contributed by atoms with van der Waals surface area (Å²) in [6.07, 6.45) is 0. The molecule has 0 spiro atoms. The van der Waals surface area contributed by atoms with Gasteiger partial charge in [-0.15, -0.1) is 10.2 Å². The fraction of sp³-hybridized carbons (Fsp3) is 0.417. The van der Waals surface area contributed by atoms with Gasteiger partial charge in [0.1, 0.15) is 5.75 Å². The first-order valence-electron chi connectivity index (χ1n) is 9.81. The van der Waals surface area contributed by atoms with Gasteiger partial charge in [-0.3, -0.25) is 0 Å². The third-order valence-electron chi connectivity index (χ3n) is 4.75. The summed E-state index contributed by atoms with van der Waals surface area (Å²) in [6, 6.07) is 14.3. The highest BCUT2D eigenvalue weighted by molar-refractivity contribution is 5.65. The Hall–Kier alpha value is -2.62. The molecule has 148 valence electrons. The second kappa shape index (κ2) is 7.42. The van der Waals surface area contributed by atoms with Crippen molar-refractivity contribution in [2.45, 2.75) is 59.3 Å². The Balaban J connectivity index is 2.09. The van der Waals surface area contributed by atoms with Gasteiger partial charge in [-0.2, -0.15) is 0 Å². The minimum Gasteiger partial charge on any atom is -0.493 e. The van der Waals surface area contributed by atoms with Crippen LogP contribution in [0.25, 0.3) is 22.9 Å². The van der Waals surface area contributed by atoms with Crippen molar-refractivity contribution in [3.63, 3.8) is 0 Å². The summed E-state index contributed by atoms with van der Waals surface area (Å²) in [6.45, 7) is 15.9. The normalized spacial score (nSPS) is 12.2. The van der Waals surface area contributed by atoms with Crippen LogP contribution in [0, 0.1) is 0 Å². The fourth-order valence-corrected chi connectivity index (χ4v) is 2.99. The number of rotatable bonds is 4. The van der Waals surface area contributed by atoms with Crippen LogP contribution in [0.5, 0.6) is 5.75 Å². The van der Waals surface area contributed by atoms with Gasteiger partial charge >= 0.3 is 0 Å². The Morgan fingerprint density at radius 3 is 1.96 bits per heavy atom. The molecule has 0 aliphatic heterocycles. The van der Waals surface area contributed by atoms with Crippen molar-refractivity contribution < 1.29 is 9.15 Å². The van der Waals surface area contributed by atoms with E-state index in [1.165, 1.54) is 11.1 Å². The van der Waals surface area contributed by atoms with Crippen LogP contribution in [0.2, 0.25) is 0 Å². The summed E-state index contributed by atoms with van der Waals surface area (Å²) in [7, 11) is 0. The molecule has 2 aromatic carbocycles. The molecule has 3 aromatic rings. The molecule has 0 radical (unpaired) electrons. The highest BCUT2D eigenvalue weighted by atomic mass is 16.5. The summed E-state index contributed by atoms with van der Waals surface area (Å²) >= 11 is 0. The van der Waals surface area contributed by atoms with Crippen LogP contribution < -0.4 is 4.74 Å². The molecular weight excluding hydrogens is 348 g/mol. The molecule has 0 aliphatic carbocycles. The number of aromatic nitrogens is 2. The Bertz CT molecular complexity index is 927. The molecule has 0 bridgehead atoms. The van der Waals surface area contributed by atoms with E-state index < -0.39 is 0 Å². The van der Waals surface area contributed by atoms with Crippen LogP contribution in [-0.4, -0.2) is 16.8 Å². The SMILES string of the molecule is CCOc1ccccc1-c1nnc(-c2cc(C(C)(C)C)cc(C(C)(C)C)c2)o1. The smallest absolute Gasteiger partial charge is 0.251 e. The summed E-state index contributed by atoms with van der Waals surface area (Å²) in [5, 5.41) is 8.63. The third-order valence-corrected chi connectivity index (χ3v) is 4.75. The minimum absolute atomic E-state index is 0.0282. The first-order chi connectivity index (χ1) is 13.1. The molecule has 0 atom stereocenters. The topological polar surface area (TPSA) is 48.2 Å². The van der Waals surface area contributed by atoms with Crippen molar-refractivity contribution in [3.05, 3.63) is 53.6 Å². The molecule has 0 amide bonds. The lowest BCUT2D eigenvalue weighted by Gasteiger charge is -2.25. The maximum Gasteiger partial charge on any atom is 0.251 e. The number of nitrogens with zero attached hydrogens (tertiary/aromatic N) is 2. The van der Waals surface area contributed by atoms with E-state index >= 15 is 0 Å². The predicted molar refractivity (Wildman–Crippen MR) is 114 cm³/mol. The molecule has 1 heterocycles. The van der Waals surface area contributed by atoms with Crippen molar-refractivity contribution >= 4 is 0 Å². The van der Waals surface area contributed by atoms with Gasteiger partial charge in [0.15, 0.2) is 0 Å². The predicted octanol–water partition coefficient (Wildman–Crippen LogP) is 6.40. The largest absolute Gasteiger partial charge is 0.493 e. The molecule has 0 saturated carbocycles. The summed E-state index contributed by atoms with van der Waals surface area (Å²) in [5.41, 5.74) is 4.32. The molecule has 3 rings (SSSR count). The molecular formula is C24H30N2O2. The Morgan fingerprint density at radius 1 is 0.821 bits per heavy atom. The first-order valence-corrected chi connectivity index (χ1v) is 9.81. The quantitative estimate of drug-likeness (QED) is 0.527. The lowest BCUT2D eigenvalue weighted by molar-refractivity contribution is 0.340. The van der Waals surface area contributed by atoms with E-state index in [1.54, 1.807) is 0 Å². The fourth-order valence-electron chi connectivity index (χ4n) is 2.99. The van der Waals surface area contributed by atoms with Gasteiger partial charge in [0.2, 0.25) is 5.89 Å². The second-order valence-electron chi connectivity index (χ2n) is 9.14. The molecule has 28 heavy (non-hydrogen) atoms. The average Bonchev–Trinajstić information content (AvgIpc) is 3.10. The minimum atomic E-state index is 0.0282. The van der Waals surface area contributed by atoms with Gasteiger partial charge in [-0.25, -0.2) is 0 Å². The third kappa shape index (κ3) is 4.27. The molecule has 0 N–H and O–H groups in total. The van der Waals surface area contributed by atoms with Crippen molar-refractivity contribution in [1.29, 1.82) is 0 Å². The zero-order valence-corrected chi connectivity index (χ0v) is 18.0. The Labute approximate surface area is 168 Å². The van der Waals surface area contributed by atoms with E-state index in [0.29, 0.717) is 18.4 Å². The summed E-state index contributed by atoms with van der Waals surface area (Å²) in [4.78, 5) is 0. The molecule has 0 unspecified atom stereocenters. The van der Waals surface area contributed by atoms with Crippen molar-refractivity contribution in [3.8, 4) is 28.7 Å². The number of hydrogen-bond donors (Lipinski definition) is 0. The van der Waals surface area contributed by atoms with Gasteiger partial charge in [-0.1, -0.05) is 59.7 Å². The maximum absolute atomic E-state index is 6.08. The zero-order chi connectivity index (χ0) is 20.5. The van der Waals surface area contributed by atoms with Crippen LogP contribution >= 0.6 is 0 Å². The van der Waals surface area contributed by atoms with Crippen LogP contribution in [0.4, 0.5) is 0 Å². The molecule has 4 heteroatoms. The van der Waals surface area contributed by atoms with Crippen molar-refractivity contribution in [1.82, 2.24) is 10.2 Å². The summed E-state index contributed by atoms with van der Waals surface area (Å²) < 4.78 is 11.8. The van der Waals surface area contributed by atoms with Gasteiger partial charge < -0.3 is 9.15 Å². The first kappa shape index (κ1) is 20.1. The number of benzene rings is 2. The standard InChI is InChI=1S/C24H30N2O2/c1-8-27-20-12-10-9-11-19(20)22-26-25-21(28-22)16-13-17(23(2,3)4)15-18(14-16)24(5,6)7/h9-15H,8H2,1-7H3. The van der Waals surface area contributed by atoms with Gasteiger partial charge in [0.25, 0.3) is 5.89 Å². The molecule has 4 nitrogen and oxygen atoms in total. The molecule has 0 aliphatic rings. The Kier molecular flexibility index (Phi) is 5.33. The van der Waals surface area contributed by atoms with E-state index in [0.717, 1.165) is 16.9 Å². The van der Waals surface area contributed by atoms with E-state index in [-0.39, 0.29) is 10.8 Å². The summed E-state index contributed by atoms with van der Waals surface area (Å²) in [5.74, 6) is 1.74. The van der Waals surface area contributed by atoms with Crippen LogP contribution in [0.1, 0.15) is 59.6 Å². The zero-order valence-electron chi connectivity index (χ0n) is 18.0. The molecule has 0 saturated heterocycles. The monoisotopic (exact) mass is 378 g/mol. The van der Waals surface area contributed by atoms with E-state index in [4.69, 9.17) is 9.15 Å². The van der Waals surface area contributed by atoms with Crippen LogP contribution in [0.15, 0.2) is 46.9 Å². The van der Waals surface area contributed by atoms with Crippen molar-refractivity contribution in [2.24, 2.45) is 0 Å². The van der Waals surface area contributed by atoms with Crippen LogP contribution in [-0.2, 0) is 10.8 Å². The van der Waals surface area contributed by atoms with Gasteiger partial charge in [0.05, 0.1) is 12.2 Å². The van der Waals surface area contributed by atoms with Crippen molar-refractivity contribution in [2.75, 3.05) is 6.61 Å². The number of para-hydroxylation sites is 1. The van der Waals surface area contributed by atoms with Gasteiger partial charge in [-0.05, 0) is 53.1 Å². The van der Waals surface area contributed by atoms with E-state index in [9.17, 15) is 0 Å². The van der Waals surface area contributed by atoms with Gasteiger partial charge in [0, 0.05) is 5.56 Å². The lowest BCUT2D eigenvalue weighted by Crippen LogP contribution is -2.16. The molecule has 0 fully saturated rings.